The van der Waals surface area contributed by atoms with Crippen LogP contribution in [0.25, 0.3) is 5.69 Å². The molecule has 1 heterocycles. The fourth-order valence-corrected chi connectivity index (χ4v) is 2.63. The van der Waals surface area contributed by atoms with Crippen LogP contribution in [0.3, 0.4) is 0 Å². The number of nitrogens with zero attached hydrogens (tertiary/aromatic N) is 2. The summed E-state index contributed by atoms with van der Waals surface area (Å²) < 4.78 is 7.15. The highest BCUT2D eigenvalue weighted by Crippen LogP contribution is 2.23. The quantitative estimate of drug-likeness (QED) is 0.681. The lowest BCUT2D eigenvalue weighted by Crippen LogP contribution is -1.98. The second-order valence-electron chi connectivity index (χ2n) is 5.23. The number of ether oxygens (including phenoxy) is 1. The molecule has 2 aromatic carbocycles. The number of hydrogen-bond acceptors (Lipinski definition) is 3. The van der Waals surface area contributed by atoms with Crippen LogP contribution in [0.1, 0.15) is 16.1 Å². The van der Waals surface area contributed by atoms with Crippen molar-refractivity contribution in [3.63, 3.8) is 0 Å². The summed E-state index contributed by atoms with van der Waals surface area (Å²) in [4.78, 5) is 15.4. The summed E-state index contributed by atoms with van der Waals surface area (Å²) in [6.07, 6.45) is 3.64. The maximum atomic E-state index is 11.0. The molecule has 0 saturated carbocycles. The average Bonchev–Trinajstić information content (AvgIpc) is 3.08. The number of halogens is 1. The minimum Gasteiger partial charge on any atom is -0.497 e. The minimum absolute atomic E-state index is 0.0576. The topological polar surface area (TPSA) is 63.8 Å². The molecule has 0 bridgehead atoms. The van der Waals surface area contributed by atoms with Gasteiger partial charge in [0.1, 0.15) is 5.75 Å². The van der Waals surface area contributed by atoms with Gasteiger partial charge in [0.15, 0.2) is 0 Å². The first-order valence-corrected chi connectivity index (χ1v) is 7.85. The van der Waals surface area contributed by atoms with E-state index in [1.807, 2.05) is 47.2 Å². The predicted octanol–water partition coefficient (Wildman–Crippen LogP) is 4.59. The molecule has 3 aromatic rings. The van der Waals surface area contributed by atoms with Crippen molar-refractivity contribution in [3.8, 4) is 11.4 Å². The van der Waals surface area contributed by atoms with Crippen LogP contribution < -0.4 is 4.74 Å². The minimum atomic E-state index is -1.06. The Labute approximate surface area is 149 Å². The van der Waals surface area contributed by atoms with Crippen molar-refractivity contribution in [3.05, 3.63) is 77.1 Å². The molecule has 0 fully saturated rings. The first-order chi connectivity index (χ1) is 12.1. The smallest absolute Gasteiger partial charge is 0.337 e. The number of aromatic nitrogens is 1. The lowest BCUT2D eigenvalue weighted by Gasteiger charge is -2.07. The monoisotopic (exact) mass is 354 g/mol. The molecule has 126 valence electrons. The van der Waals surface area contributed by atoms with Gasteiger partial charge in [-0.2, -0.15) is 0 Å². The van der Waals surface area contributed by atoms with E-state index in [0.717, 1.165) is 17.1 Å². The Morgan fingerprint density at radius 2 is 1.96 bits per heavy atom. The van der Waals surface area contributed by atoms with Gasteiger partial charge in [0.05, 0.1) is 35.3 Å². The van der Waals surface area contributed by atoms with Crippen LogP contribution in [0.5, 0.6) is 5.75 Å². The third-order valence-electron chi connectivity index (χ3n) is 3.66. The molecule has 1 N–H and O–H groups in total. The van der Waals surface area contributed by atoms with Gasteiger partial charge >= 0.3 is 5.97 Å². The molecule has 0 spiro atoms. The van der Waals surface area contributed by atoms with Gasteiger partial charge in [-0.3, -0.25) is 4.99 Å². The summed E-state index contributed by atoms with van der Waals surface area (Å²) >= 11 is 5.97. The van der Waals surface area contributed by atoms with E-state index >= 15 is 0 Å². The molecule has 0 unspecified atom stereocenters. The lowest BCUT2D eigenvalue weighted by atomic mass is 10.2. The summed E-state index contributed by atoms with van der Waals surface area (Å²) in [6, 6.07) is 16.1. The summed E-state index contributed by atoms with van der Waals surface area (Å²) in [6.45, 7) is 0. The molecule has 1 aromatic heterocycles. The summed E-state index contributed by atoms with van der Waals surface area (Å²) in [5.74, 6) is -0.270. The van der Waals surface area contributed by atoms with Gasteiger partial charge in [-0.1, -0.05) is 11.6 Å². The van der Waals surface area contributed by atoms with Crippen molar-refractivity contribution in [2.75, 3.05) is 7.11 Å². The van der Waals surface area contributed by atoms with Gasteiger partial charge in [0, 0.05) is 11.9 Å². The third kappa shape index (κ3) is 3.72. The van der Waals surface area contributed by atoms with Crippen molar-refractivity contribution in [2.45, 2.75) is 0 Å². The van der Waals surface area contributed by atoms with E-state index in [4.69, 9.17) is 21.4 Å². The maximum Gasteiger partial charge on any atom is 0.337 e. The van der Waals surface area contributed by atoms with Crippen LogP contribution >= 0.6 is 11.6 Å². The highest BCUT2D eigenvalue weighted by molar-refractivity contribution is 6.33. The fraction of sp³-hybridized carbons (Fsp3) is 0.0526. The number of carboxylic acid groups (broad SMARTS) is 1. The van der Waals surface area contributed by atoms with Crippen molar-refractivity contribution in [1.29, 1.82) is 0 Å². The molecule has 6 heteroatoms. The largest absolute Gasteiger partial charge is 0.497 e. The van der Waals surface area contributed by atoms with Crippen LogP contribution in [-0.2, 0) is 0 Å². The number of carbonyl (C=O) groups is 1. The highest BCUT2D eigenvalue weighted by Gasteiger charge is 2.08. The van der Waals surface area contributed by atoms with Crippen LogP contribution in [-0.4, -0.2) is 29.0 Å². The maximum absolute atomic E-state index is 11.0. The number of carboxylic acids is 1. The predicted molar refractivity (Wildman–Crippen MR) is 98.0 cm³/mol. The first kappa shape index (κ1) is 16.8. The number of hydrogen-bond donors (Lipinski definition) is 1. The standard InChI is InChI=1S/C19H15ClN2O3/c1-25-16-7-5-14(6-8-16)22-10-2-3-15(22)12-21-13-4-9-17(19(23)24)18(20)11-13/h2-12H,1H3,(H,23,24). The fourth-order valence-electron chi connectivity index (χ4n) is 2.38. The molecular weight excluding hydrogens is 340 g/mol. The van der Waals surface area contributed by atoms with Gasteiger partial charge in [-0.15, -0.1) is 0 Å². The van der Waals surface area contributed by atoms with Gasteiger partial charge in [-0.25, -0.2) is 4.79 Å². The van der Waals surface area contributed by atoms with Gasteiger partial charge in [0.25, 0.3) is 0 Å². The van der Waals surface area contributed by atoms with Crippen LogP contribution in [0, 0.1) is 0 Å². The van der Waals surface area contributed by atoms with E-state index in [9.17, 15) is 4.79 Å². The van der Waals surface area contributed by atoms with E-state index < -0.39 is 5.97 Å². The van der Waals surface area contributed by atoms with E-state index in [1.54, 1.807) is 19.4 Å². The van der Waals surface area contributed by atoms with E-state index in [0.29, 0.717) is 5.69 Å². The molecule has 0 atom stereocenters. The Morgan fingerprint density at radius 3 is 2.60 bits per heavy atom. The van der Waals surface area contributed by atoms with Crippen LogP contribution in [0.15, 0.2) is 65.8 Å². The van der Waals surface area contributed by atoms with Gasteiger partial charge in [-0.05, 0) is 54.6 Å². The zero-order chi connectivity index (χ0) is 17.8. The van der Waals surface area contributed by atoms with Crippen LogP contribution in [0.2, 0.25) is 5.02 Å². The molecular formula is C19H15ClN2O3. The van der Waals surface area contributed by atoms with E-state index in [2.05, 4.69) is 4.99 Å². The molecule has 5 nitrogen and oxygen atoms in total. The number of aromatic carboxylic acids is 1. The Balaban J connectivity index is 1.86. The van der Waals surface area contributed by atoms with Crippen molar-refractivity contribution in [1.82, 2.24) is 4.57 Å². The molecule has 0 radical (unpaired) electrons. The molecule has 3 rings (SSSR count). The summed E-state index contributed by atoms with van der Waals surface area (Å²) in [5.41, 5.74) is 2.50. The normalized spacial score (nSPS) is 11.0. The number of rotatable bonds is 5. The molecule has 0 amide bonds. The molecule has 25 heavy (non-hydrogen) atoms. The third-order valence-corrected chi connectivity index (χ3v) is 3.97. The van der Waals surface area contributed by atoms with E-state index in [-0.39, 0.29) is 10.6 Å². The second kappa shape index (κ2) is 7.23. The zero-order valence-corrected chi connectivity index (χ0v) is 14.1. The average molecular weight is 355 g/mol. The lowest BCUT2D eigenvalue weighted by molar-refractivity contribution is 0.0697. The van der Waals surface area contributed by atoms with E-state index in [1.165, 1.54) is 12.1 Å². The Kier molecular flexibility index (Phi) is 4.86. The van der Waals surface area contributed by atoms with Crippen molar-refractivity contribution < 1.29 is 14.6 Å². The Morgan fingerprint density at radius 1 is 1.20 bits per heavy atom. The number of methoxy groups -OCH3 is 1. The number of benzene rings is 2. The van der Waals surface area contributed by atoms with Gasteiger partial charge < -0.3 is 14.4 Å². The zero-order valence-electron chi connectivity index (χ0n) is 13.4. The second-order valence-corrected chi connectivity index (χ2v) is 5.64. The SMILES string of the molecule is COc1ccc(-n2cccc2C=Nc2ccc(C(=O)O)c(Cl)c2)cc1. The Bertz CT molecular complexity index is 930. The molecule has 0 aliphatic heterocycles. The summed E-state index contributed by atoms with van der Waals surface area (Å²) in [5, 5.41) is 9.16. The number of aliphatic imine (C=N–C) groups is 1. The van der Waals surface area contributed by atoms with Crippen molar-refractivity contribution >= 4 is 29.5 Å². The van der Waals surface area contributed by atoms with Crippen molar-refractivity contribution in [2.24, 2.45) is 4.99 Å². The first-order valence-electron chi connectivity index (χ1n) is 7.47. The summed E-state index contributed by atoms with van der Waals surface area (Å²) in [7, 11) is 1.63. The van der Waals surface area contributed by atoms with Gasteiger partial charge in [0.2, 0.25) is 0 Å². The highest BCUT2D eigenvalue weighted by atomic mass is 35.5. The Hall–Kier alpha value is -3.05. The molecule has 0 aliphatic rings. The molecule has 0 saturated heterocycles. The molecule has 0 aliphatic carbocycles. The van der Waals surface area contributed by atoms with Crippen LogP contribution in [0.4, 0.5) is 5.69 Å².